The SMILES string of the molecule is [CH]=CC1NCCS1. The Morgan fingerprint density at radius 3 is 3.00 bits per heavy atom. The van der Waals surface area contributed by atoms with Crippen LogP contribution in [-0.4, -0.2) is 17.7 Å². The number of hydrogen-bond donors (Lipinski definition) is 1. The minimum Gasteiger partial charge on any atom is -0.301 e. The van der Waals surface area contributed by atoms with Gasteiger partial charge in [0.2, 0.25) is 0 Å². The van der Waals surface area contributed by atoms with Crippen molar-refractivity contribution in [2.24, 2.45) is 0 Å². The van der Waals surface area contributed by atoms with Crippen molar-refractivity contribution >= 4 is 11.8 Å². The minimum atomic E-state index is 0.417. The second-order valence-corrected chi connectivity index (χ2v) is 2.69. The molecule has 0 saturated carbocycles. The van der Waals surface area contributed by atoms with Gasteiger partial charge in [0.05, 0.1) is 5.37 Å². The van der Waals surface area contributed by atoms with Crippen molar-refractivity contribution in [1.29, 1.82) is 0 Å². The quantitative estimate of drug-likeness (QED) is 0.537. The average Bonchev–Trinajstić information content (AvgIpc) is 2.14. The highest BCUT2D eigenvalue weighted by Gasteiger charge is 2.08. The van der Waals surface area contributed by atoms with Crippen molar-refractivity contribution in [3.8, 4) is 0 Å². The Balaban J connectivity index is 2.26. The van der Waals surface area contributed by atoms with Crippen LogP contribution in [0.2, 0.25) is 0 Å². The average molecular weight is 114 g/mol. The molecule has 1 fully saturated rings. The van der Waals surface area contributed by atoms with Gasteiger partial charge in [0, 0.05) is 12.3 Å². The first-order valence-corrected chi connectivity index (χ1v) is 3.38. The lowest BCUT2D eigenvalue weighted by atomic mass is 10.6. The van der Waals surface area contributed by atoms with Crippen molar-refractivity contribution in [3.63, 3.8) is 0 Å². The molecule has 1 aliphatic rings. The molecule has 0 aromatic carbocycles. The van der Waals surface area contributed by atoms with Gasteiger partial charge in [0.15, 0.2) is 0 Å². The first-order valence-electron chi connectivity index (χ1n) is 2.33. The molecule has 1 heterocycles. The van der Waals surface area contributed by atoms with Crippen molar-refractivity contribution in [2.75, 3.05) is 12.3 Å². The maximum Gasteiger partial charge on any atom is 0.0722 e. The fourth-order valence-electron chi connectivity index (χ4n) is 0.570. The van der Waals surface area contributed by atoms with Crippen LogP contribution in [0.15, 0.2) is 6.08 Å². The predicted molar refractivity (Wildman–Crippen MR) is 33.1 cm³/mol. The van der Waals surface area contributed by atoms with Gasteiger partial charge < -0.3 is 5.32 Å². The third-order valence-electron chi connectivity index (χ3n) is 0.920. The van der Waals surface area contributed by atoms with Gasteiger partial charge in [-0.1, -0.05) is 12.7 Å². The van der Waals surface area contributed by atoms with Crippen LogP contribution in [0.1, 0.15) is 0 Å². The van der Waals surface area contributed by atoms with E-state index in [1.165, 1.54) is 5.75 Å². The zero-order valence-corrected chi connectivity index (χ0v) is 4.87. The van der Waals surface area contributed by atoms with E-state index in [4.69, 9.17) is 6.58 Å². The number of nitrogens with one attached hydrogen (secondary N) is 1. The van der Waals surface area contributed by atoms with Gasteiger partial charge in [-0.25, -0.2) is 0 Å². The third-order valence-corrected chi connectivity index (χ3v) is 2.04. The van der Waals surface area contributed by atoms with Crippen molar-refractivity contribution in [3.05, 3.63) is 12.7 Å². The summed E-state index contributed by atoms with van der Waals surface area (Å²) in [7, 11) is 0. The standard InChI is InChI=1S/C5H8NS/c1-2-5-6-3-4-7-5/h1-2,5-6H,3-4H2. The lowest BCUT2D eigenvalue weighted by Gasteiger charge is -1.96. The zero-order valence-electron chi connectivity index (χ0n) is 4.05. The van der Waals surface area contributed by atoms with E-state index in [9.17, 15) is 0 Å². The van der Waals surface area contributed by atoms with Crippen molar-refractivity contribution in [1.82, 2.24) is 5.32 Å². The van der Waals surface area contributed by atoms with Gasteiger partial charge in [-0.05, 0) is 0 Å². The second-order valence-electron chi connectivity index (χ2n) is 1.44. The van der Waals surface area contributed by atoms with Crippen LogP contribution in [0, 0.1) is 6.58 Å². The fraction of sp³-hybridized carbons (Fsp3) is 0.600. The summed E-state index contributed by atoms with van der Waals surface area (Å²) >= 11 is 1.85. The molecule has 0 aromatic rings. The van der Waals surface area contributed by atoms with Gasteiger partial charge in [-0.2, -0.15) is 0 Å². The zero-order chi connectivity index (χ0) is 5.11. The summed E-state index contributed by atoms with van der Waals surface area (Å²) in [5, 5.41) is 3.61. The van der Waals surface area contributed by atoms with Crippen LogP contribution in [0.5, 0.6) is 0 Å². The summed E-state index contributed by atoms with van der Waals surface area (Å²) in [5.74, 6) is 1.19. The molecule has 0 spiro atoms. The van der Waals surface area contributed by atoms with Gasteiger partial charge >= 0.3 is 0 Å². The molecular weight excluding hydrogens is 106 g/mol. The molecule has 7 heavy (non-hydrogen) atoms. The predicted octanol–water partition coefficient (Wildman–Crippen LogP) is 0.638. The molecule has 1 radical (unpaired) electrons. The molecule has 0 bridgehead atoms. The molecule has 1 saturated heterocycles. The second kappa shape index (κ2) is 2.38. The molecule has 0 amide bonds. The summed E-state index contributed by atoms with van der Waals surface area (Å²) in [6.45, 7) is 6.33. The van der Waals surface area contributed by atoms with E-state index in [1.807, 2.05) is 11.8 Å². The van der Waals surface area contributed by atoms with Gasteiger partial charge in [0.1, 0.15) is 0 Å². The van der Waals surface area contributed by atoms with Crippen LogP contribution >= 0.6 is 11.8 Å². The van der Waals surface area contributed by atoms with Gasteiger partial charge in [0.25, 0.3) is 0 Å². The Labute approximate surface area is 48.2 Å². The highest BCUT2D eigenvalue weighted by molar-refractivity contribution is 8.00. The van der Waals surface area contributed by atoms with Crippen molar-refractivity contribution in [2.45, 2.75) is 5.37 Å². The molecular formula is C5H8NS. The molecule has 1 unspecified atom stereocenters. The fourth-order valence-corrected chi connectivity index (χ4v) is 1.41. The largest absolute Gasteiger partial charge is 0.301 e. The molecule has 39 valence electrons. The van der Waals surface area contributed by atoms with Crippen LogP contribution in [0.4, 0.5) is 0 Å². The van der Waals surface area contributed by atoms with E-state index >= 15 is 0 Å². The number of thioether (sulfide) groups is 1. The minimum absolute atomic E-state index is 0.417. The third kappa shape index (κ3) is 1.21. The van der Waals surface area contributed by atoms with E-state index < -0.39 is 0 Å². The number of rotatable bonds is 1. The molecule has 1 rings (SSSR count). The molecule has 2 heteroatoms. The summed E-state index contributed by atoms with van der Waals surface area (Å²) in [4.78, 5) is 0. The van der Waals surface area contributed by atoms with E-state index in [0.717, 1.165) is 6.54 Å². The maximum absolute atomic E-state index is 5.23. The normalized spacial score (nSPS) is 30.6. The highest BCUT2D eigenvalue weighted by atomic mass is 32.2. The molecule has 1 N–H and O–H groups in total. The Hall–Kier alpha value is 0.0500. The molecule has 0 aromatic heterocycles. The van der Waals surface area contributed by atoms with Crippen LogP contribution in [0.3, 0.4) is 0 Å². The Bertz CT molecular complexity index is 66.5. The van der Waals surface area contributed by atoms with Gasteiger partial charge in [-0.3, -0.25) is 0 Å². The highest BCUT2D eigenvalue weighted by Crippen LogP contribution is 2.12. The monoisotopic (exact) mass is 114 g/mol. The van der Waals surface area contributed by atoms with Crippen molar-refractivity contribution < 1.29 is 0 Å². The van der Waals surface area contributed by atoms with Crippen LogP contribution < -0.4 is 5.32 Å². The summed E-state index contributed by atoms with van der Waals surface area (Å²) in [6, 6.07) is 0. The van der Waals surface area contributed by atoms with E-state index in [0.29, 0.717) is 5.37 Å². The van der Waals surface area contributed by atoms with Crippen LogP contribution in [-0.2, 0) is 0 Å². The van der Waals surface area contributed by atoms with E-state index in [-0.39, 0.29) is 0 Å². The Morgan fingerprint density at radius 1 is 1.86 bits per heavy atom. The van der Waals surface area contributed by atoms with E-state index in [1.54, 1.807) is 6.08 Å². The lowest BCUT2D eigenvalue weighted by molar-refractivity contribution is 0.806. The Kier molecular flexibility index (Phi) is 1.77. The summed E-state index contributed by atoms with van der Waals surface area (Å²) < 4.78 is 0. The Morgan fingerprint density at radius 2 is 2.71 bits per heavy atom. The summed E-state index contributed by atoms with van der Waals surface area (Å²) in [5.41, 5.74) is 0. The smallest absolute Gasteiger partial charge is 0.0722 e. The topological polar surface area (TPSA) is 12.0 Å². The molecule has 1 atom stereocenters. The summed E-state index contributed by atoms with van der Waals surface area (Å²) in [6.07, 6.45) is 1.69. The number of hydrogen-bond acceptors (Lipinski definition) is 2. The molecule has 1 nitrogen and oxygen atoms in total. The first-order chi connectivity index (χ1) is 3.43. The van der Waals surface area contributed by atoms with Crippen LogP contribution in [0.25, 0.3) is 0 Å². The maximum atomic E-state index is 5.23. The van der Waals surface area contributed by atoms with Gasteiger partial charge in [-0.15, -0.1) is 11.8 Å². The molecule has 1 aliphatic heterocycles. The van der Waals surface area contributed by atoms with E-state index in [2.05, 4.69) is 5.32 Å². The molecule has 0 aliphatic carbocycles. The lowest BCUT2D eigenvalue weighted by Crippen LogP contribution is -2.16. The first kappa shape index (κ1) is 5.19.